The first-order valence-electron chi connectivity index (χ1n) is 6.31. The lowest BCUT2D eigenvalue weighted by Gasteiger charge is -2.13. The maximum Gasteiger partial charge on any atom is 0.146 e. The number of rotatable bonds is 4. The average molecular weight is 276 g/mol. The Labute approximate surface area is 119 Å². The molecule has 2 nitrogen and oxygen atoms in total. The van der Waals surface area contributed by atoms with Crippen molar-refractivity contribution in [2.45, 2.75) is 19.9 Å². The van der Waals surface area contributed by atoms with Gasteiger partial charge < -0.3 is 10.1 Å². The first kappa shape index (κ1) is 13.9. The van der Waals surface area contributed by atoms with Gasteiger partial charge in [0.1, 0.15) is 11.5 Å². The number of hydrogen-bond donors (Lipinski definition) is 1. The summed E-state index contributed by atoms with van der Waals surface area (Å²) in [6.07, 6.45) is 0. The summed E-state index contributed by atoms with van der Waals surface area (Å²) in [6.45, 7) is 4.14. The third-order valence-corrected chi connectivity index (χ3v) is 3.43. The van der Waals surface area contributed by atoms with Gasteiger partial charge in [0.15, 0.2) is 0 Å². The van der Waals surface area contributed by atoms with E-state index in [4.69, 9.17) is 16.3 Å². The number of ether oxygens (including phenoxy) is 1. The minimum Gasteiger partial charge on any atom is -0.456 e. The van der Waals surface area contributed by atoms with Gasteiger partial charge in [-0.25, -0.2) is 0 Å². The van der Waals surface area contributed by atoms with Crippen LogP contribution < -0.4 is 10.1 Å². The largest absolute Gasteiger partial charge is 0.456 e. The Morgan fingerprint density at radius 2 is 1.79 bits per heavy atom. The monoisotopic (exact) mass is 275 g/mol. The summed E-state index contributed by atoms with van der Waals surface area (Å²) in [7, 11) is 1.93. The molecule has 0 fully saturated rings. The van der Waals surface area contributed by atoms with Gasteiger partial charge in [0, 0.05) is 6.04 Å². The van der Waals surface area contributed by atoms with Crippen molar-refractivity contribution in [2.24, 2.45) is 0 Å². The van der Waals surface area contributed by atoms with E-state index >= 15 is 0 Å². The highest BCUT2D eigenvalue weighted by molar-refractivity contribution is 6.32. The maximum absolute atomic E-state index is 6.26. The second-order valence-corrected chi connectivity index (χ2v) is 5.02. The summed E-state index contributed by atoms with van der Waals surface area (Å²) in [5.41, 5.74) is 2.35. The molecule has 0 bridgehead atoms. The van der Waals surface area contributed by atoms with E-state index in [1.54, 1.807) is 0 Å². The minimum absolute atomic E-state index is 0.269. The predicted octanol–water partition coefficient (Wildman–Crippen LogP) is 4.72. The molecule has 1 atom stereocenters. The van der Waals surface area contributed by atoms with E-state index in [0.717, 1.165) is 11.3 Å². The summed E-state index contributed by atoms with van der Waals surface area (Å²) in [5, 5.41) is 3.81. The van der Waals surface area contributed by atoms with Gasteiger partial charge in [-0.1, -0.05) is 35.4 Å². The topological polar surface area (TPSA) is 21.3 Å². The molecule has 0 amide bonds. The van der Waals surface area contributed by atoms with Crippen LogP contribution in [0.1, 0.15) is 24.1 Å². The molecule has 0 saturated heterocycles. The molecular formula is C16H18ClNO. The van der Waals surface area contributed by atoms with Crippen molar-refractivity contribution in [1.82, 2.24) is 5.32 Å². The first-order valence-corrected chi connectivity index (χ1v) is 6.69. The van der Waals surface area contributed by atoms with Gasteiger partial charge >= 0.3 is 0 Å². The van der Waals surface area contributed by atoms with Crippen LogP contribution in [0, 0.1) is 6.92 Å². The number of halogens is 1. The van der Waals surface area contributed by atoms with Crippen LogP contribution in [0.3, 0.4) is 0 Å². The van der Waals surface area contributed by atoms with E-state index in [1.165, 1.54) is 5.56 Å². The van der Waals surface area contributed by atoms with E-state index in [9.17, 15) is 0 Å². The lowest BCUT2D eigenvalue weighted by atomic mass is 10.1. The third-order valence-electron chi connectivity index (χ3n) is 3.14. The smallest absolute Gasteiger partial charge is 0.146 e. The standard InChI is InChI=1S/C16H18ClNO/c1-11-4-7-14(8-5-11)19-16-9-6-13(10-15(16)17)12(2)18-3/h4-10,12,18H,1-3H3. The van der Waals surface area contributed by atoms with Crippen molar-refractivity contribution in [3.8, 4) is 11.5 Å². The first-order chi connectivity index (χ1) is 9.10. The van der Waals surface area contributed by atoms with Crippen LogP contribution >= 0.6 is 11.6 Å². The van der Waals surface area contributed by atoms with E-state index in [0.29, 0.717) is 10.8 Å². The van der Waals surface area contributed by atoms with Gasteiger partial charge in [0.2, 0.25) is 0 Å². The van der Waals surface area contributed by atoms with Crippen molar-refractivity contribution in [2.75, 3.05) is 7.05 Å². The van der Waals surface area contributed by atoms with Crippen LogP contribution in [0.15, 0.2) is 42.5 Å². The van der Waals surface area contributed by atoms with Crippen molar-refractivity contribution in [3.05, 3.63) is 58.6 Å². The SMILES string of the molecule is CNC(C)c1ccc(Oc2ccc(C)cc2)c(Cl)c1. The molecule has 100 valence electrons. The Balaban J connectivity index is 2.19. The molecule has 0 heterocycles. The van der Waals surface area contributed by atoms with E-state index in [-0.39, 0.29) is 6.04 Å². The van der Waals surface area contributed by atoms with Gasteiger partial charge in [-0.3, -0.25) is 0 Å². The summed E-state index contributed by atoms with van der Waals surface area (Å²) >= 11 is 6.26. The number of nitrogens with one attached hydrogen (secondary N) is 1. The van der Waals surface area contributed by atoms with Crippen LogP contribution in [-0.2, 0) is 0 Å². The fourth-order valence-corrected chi connectivity index (χ4v) is 2.00. The third kappa shape index (κ3) is 3.49. The Kier molecular flexibility index (Phi) is 4.46. The van der Waals surface area contributed by atoms with Crippen LogP contribution in [0.5, 0.6) is 11.5 Å². The molecule has 2 rings (SSSR count). The molecule has 1 N–H and O–H groups in total. The molecule has 1 unspecified atom stereocenters. The minimum atomic E-state index is 0.269. The van der Waals surface area contributed by atoms with Gasteiger partial charge in [0.25, 0.3) is 0 Å². The molecule has 2 aromatic carbocycles. The highest BCUT2D eigenvalue weighted by Gasteiger charge is 2.08. The van der Waals surface area contributed by atoms with Crippen LogP contribution in [-0.4, -0.2) is 7.05 Å². The lowest BCUT2D eigenvalue weighted by Crippen LogP contribution is -2.12. The lowest BCUT2D eigenvalue weighted by molar-refractivity contribution is 0.482. The quantitative estimate of drug-likeness (QED) is 0.872. The zero-order valence-corrected chi connectivity index (χ0v) is 12.2. The van der Waals surface area contributed by atoms with Gasteiger partial charge in [-0.05, 0) is 50.7 Å². The van der Waals surface area contributed by atoms with Crippen LogP contribution in [0.25, 0.3) is 0 Å². The highest BCUT2D eigenvalue weighted by Crippen LogP contribution is 2.31. The number of hydrogen-bond acceptors (Lipinski definition) is 2. The molecule has 0 aromatic heterocycles. The molecule has 0 saturated carbocycles. The zero-order valence-electron chi connectivity index (χ0n) is 11.4. The van der Waals surface area contributed by atoms with E-state index in [1.807, 2.05) is 56.4 Å². The second-order valence-electron chi connectivity index (χ2n) is 4.62. The molecule has 0 aliphatic carbocycles. The van der Waals surface area contributed by atoms with Crippen molar-refractivity contribution in [1.29, 1.82) is 0 Å². The molecule has 3 heteroatoms. The van der Waals surface area contributed by atoms with Crippen molar-refractivity contribution in [3.63, 3.8) is 0 Å². The average Bonchev–Trinajstić information content (AvgIpc) is 2.42. The van der Waals surface area contributed by atoms with Crippen LogP contribution in [0.4, 0.5) is 0 Å². The Hall–Kier alpha value is -1.51. The Morgan fingerprint density at radius 3 is 2.37 bits per heavy atom. The van der Waals surface area contributed by atoms with Gasteiger partial charge in [0.05, 0.1) is 5.02 Å². The number of aryl methyl sites for hydroxylation is 1. The molecule has 0 radical (unpaired) electrons. The van der Waals surface area contributed by atoms with Gasteiger partial charge in [-0.2, -0.15) is 0 Å². The second kappa shape index (κ2) is 6.09. The predicted molar refractivity (Wildman–Crippen MR) is 80.2 cm³/mol. The fourth-order valence-electron chi connectivity index (χ4n) is 1.77. The highest BCUT2D eigenvalue weighted by atomic mass is 35.5. The van der Waals surface area contributed by atoms with E-state index in [2.05, 4.69) is 12.2 Å². The molecular weight excluding hydrogens is 258 g/mol. The molecule has 0 spiro atoms. The van der Waals surface area contributed by atoms with Crippen LogP contribution in [0.2, 0.25) is 5.02 Å². The molecule has 19 heavy (non-hydrogen) atoms. The van der Waals surface area contributed by atoms with Crippen molar-refractivity contribution >= 4 is 11.6 Å². The molecule has 2 aromatic rings. The summed E-state index contributed by atoms with van der Waals surface area (Å²) in [6, 6.07) is 14.0. The summed E-state index contributed by atoms with van der Waals surface area (Å²) in [5.74, 6) is 1.47. The Morgan fingerprint density at radius 1 is 1.11 bits per heavy atom. The zero-order chi connectivity index (χ0) is 13.8. The maximum atomic E-state index is 6.26. The summed E-state index contributed by atoms with van der Waals surface area (Å²) < 4.78 is 5.78. The molecule has 0 aliphatic rings. The normalized spacial score (nSPS) is 12.2. The molecule has 0 aliphatic heterocycles. The Bertz CT molecular complexity index is 551. The fraction of sp³-hybridized carbons (Fsp3) is 0.250. The van der Waals surface area contributed by atoms with Gasteiger partial charge in [-0.15, -0.1) is 0 Å². The van der Waals surface area contributed by atoms with Crippen molar-refractivity contribution < 1.29 is 4.74 Å². The van der Waals surface area contributed by atoms with E-state index < -0.39 is 0 Å². The number of benzene rings is 2. The summed E-state index contributed by atoms with van der Waals surface area (Å²) in [4.78, 5) is 0.